The molecule has 3 aliphatic rings. The number of nitrogens with zero attached hydrogens (tertiary/aromatic N) is 7. The third-order valence-electron chi connectivity index (χ3n) is 8.19. The highest BCUT2D eigenvalue weighted by Gasteiger charge is 2.33. The Morgan fingerprint density at radius 2 is 1.74 bits per heavy atom. The molecule has 3 N–H and O–H groups in total. The van der Waals surface area contributed by atoms with Crippen molar-refractivity contribution in [1.82, 2.24) is 30.4 Å². The van der Waals surface area contributed by atoms with Gasteiger partial charge >= 0.3 is 0 Å². The monoisotopic (exact) mass is 581 g/mol. The number of hydrogen-bond donors (Lipinski definition) is 2. The molecule has 42 heavy (non-hydrogen) atoms. The van der Waals surface area contributed by atoms with Gasteiger partial charge in [-0.2, -0.15) is 0 Å². The minimum Gasteiger partial charge on any atom is -0.364 e. The van der Waals surface area contributed by atoms with Crippen molar-refractivity contribution in [2.45, 2.75) is 18.9 Å². The number of benzene rings is 2. The second-order valence-corrected chi connectivity index (χ2v) is 11.8. The smallest absolute Gasteiger partial charge is 0.268 e. The first kappa shape index (κ1) is 26.5. The number of fused-ring (bicyclic) bond motifs is 1. The lowest BCUT2D eigenvalue weighted by Gasteiger charge is -2.37. The molecule has 3 aliphatic heterocycles. The summed E-state index contributed by atoms with van der Waals surface area (Å²) in [6.45, 7) is 5.20. The van der Waals surface area contributed by atoms with Gasteiger partial charge in [0.25, 0.3) is 5.91 Å². The Morgan fingerprint density at radius 1 is 0.929 bits per heavy atom. The van der Waals surface area contributed by atoms with Crippen LogP contribution in [0, 0.1) is 0 Å². The molecule has 3 fully saturated rings. The zero-order chi connectivity index (χ0) is 28.6. The molecule has 0 spiro atoms. The van der Waals surface area contributed by atoms with Crippen LogP contribution in [0.5, 0.6) is 0 Å². The Bertz CT molecular complexity index is 1640. The van der Waals surface area contributed by atoms with Crippen molar-refractivity contribution in [2.24, 2.45) is 5.73 Å². The number of nitrogens with two attached hydrogens (primary N) is 1. The molecule has 0 saturated carbocycles. The first-order chi connectivity index (χ1) is 20.5. The fourth-order valence-electron chi connectivity index (χ4n) is 6.14. The van der Waals surface area contributed by atoms with E-state index in [9.17, 15) is 9.59 Å². The van der Waals surface area contributed by atoms with Crippen LogP contribution < -0.4 is 20.9 Å². The highest BCUT2D eigenvalue weighted by molar-refractivity contribution is 7.18. The first-order valence-electron chi connectivity index (χ1n) is 14.3. The lowest BCUT2D eigenvalue weighted by molar-refractivity contribution is -0.120. The molecule has 1 unspecified atom stereocenters. The number of hydrogen-bond acceptors (Lipinski definition) is 10. The Labute approximate surface area is 247 Å². The number of anilines is 2. The summed E-state index contributed by atoms with van der Waals surface area (Å²) in [7, 11) is 0. The van der Waals surface area contributed by atoms with Crippen molar-refractivity contribution in [3.63, 3.8) is 0 Å². The Balaban J connectivity index is 1.34. The Hall–Kier alpha value is -4.42. The van der Waals surface area contributed by atoms with Gasteiger partial charge in [-0.3, -0.25) is 14.5 Å². The molecule has 2 amide bonds. The molecule has 2 aromatic heterocycles. The molecule has 11 nitrogen and oxygen atoms in total. The number of nitrogens with one attached hydrogen (secondary N) is 1. The van der Waals surface area contributed by atoms with Crippen LogP contribution >= 0.6 is 11.3 Å². The highest BCUT2D eigenvalue weighted by atomic mass is 32.1. The van der Waals surface area contributed by atoms with Crippen LogP contribution in [0.25, 0.3) is 33.1 Å². The fraction of sp³-hybridized carbons (Fsp3) is 0.333. The fourth-order valence-corrected chi connectivity index (χ4v) is 7.06. The molecule has 12 heteroatoms. The van der Waals surface area contributed by atoms with E-state index in [1.54, 1.807) is 11.3 Å². The quantitative estimate of drug-likeness (QED) is 0.353. The average molecular weight is 582 g/mol. The molecule has 0 radical (unpaired) electrons. The molecule has 0 bridgehead atoms. The van der Waals surface area contributed by atoms with Crippen LogP contribution in [0.4, 0.5) is 10.9 Å². The summed E-state index contributed by atoms with van der Waals surface area (Å²) in [6, 6.07) is 17.8. The van der Waals surface area contributed by atoms with Crippen molar-refractivity contribution in [3.05, 3.63) is 60.3 Å². The number of rotatable bonds is 6. The largest absolute Gasteiger partial charge is 0.364 e. The van der Waals surface area contributed by atoms with Gasteiger partial charge in [0.2, 0.25) is 11.0 Å². The summed E-state index contributed by atoms with van der Waals surface area (Å²) < 4.78 is 0. The standard InChI is InChI=1S/C30H31N9O2S/c31-26(41)25-24(28(38-14-12-32-23(40)18-38)34-27(33-25)19-7-2-1-3-8-19)21-10-4-5-11-22(21)29-35-36-30(42-29)39-16-15-37-13-6-9-20(37)17-39/h1-5,7-8,10-11,20H,6,9,12-18H2,(H2,31,41)(H,32,40). The molecule has 4 aromatic rings. The molecule has 214 valence electrons. The van der Waals surface area contributed by atoms with Crippen LogP contribution in [0.15, 0.2) is 54.6 Å². The summed E-state index contributed by atoms with van der Waals surface area (Å²) in [5, 5.41) is 13.7. The van der Waals surface area contributed by atoms with Gasteiger partial charge < -0.3 is 20.9 Å². The van der Waals surface area contributed by atoms with Gasteiger partial charge in [-0.15, -0.1) is 10.2 Å². The first-order valence-corrected chi connectivity index (χ1v) is 15.1. The van der Waals surface area contributed by atoms with Crippen molar-refractivity contribution >= 4 is 34.1 Å². The van der Waals surface area contributed by atoms with Crippen LogP contribution in [-0.4, -0.2) is 88.7 Å². The SMILES string of the molecule is NC(=O)c1nc(-c2ccccc2)nc(N2CCNC(=O)C2)c1-c1ccccc1-c1nnc(N2CCN3CCCC3C2)s1. The maximum atomic E-state index is 13.0. The molecule has 7 rings (SSSR count). The molecule has 1 atom stereocenters. The zero-order valence-corrected chi connectivity index (χ0v) is 23.9. The van der Waals surface area contributed by atoms with E-state index in [-0.39, 0.29) is 18.1 Å². The van der Waals surface area contributed by atoms with Crippen LogP contribution in [0.2, 0.25) is 0 Å². The molecule has 0 aliphatic carbocycles. The lowest BCUT2D eigenvalue weighted by Crippen LogP contribution is -2.50. The number of primary amides is 1. The topological polar surface area (TPSA) is 133 Å². The van der Waals surface area contributed by atoms with Gasteiger partial charge in [-0.1, -0.05) is 65.9 Å². The minimum atomic E-state index is -0.672. The average Bonchev–Trinajstić information content (AvgIpc) is 3.71. The number of carbonyl (C=O) groups is 2. The maximum Gasteiger partial charge on any atom is 0.268 e. The second-order valence-electron chi connectivity index (χ2n) is 10.8. The van der Waals surface area contributed by atoms with Crippen molar-refractivity contribution in [1.29, 1.82) is 0 Å². The van der Waals surface area contributed by atoms with Gasteiger partial charge in [0, 0.05) is 49.9 Å². The third kappa shape index (κ3) is 4.96. The van der Waals surface area contributed by atoms with Crippen LogP contribution in [0.3, 0.4) is 0 Å². The number of aromatic nitrogens is 4. The number of piperazine rings is 2. The highest BCUT2D eigenvalue weighted by Crippen LogP contribution is 2.41. The van der Waals surface area contributed by atoms with E-state index in [1.165, 1.54) is 19.4 Å². The van der Waals surface area contributed by atoms with Gasteiger partial charge in [0.15, 0.2) is 5.82 Å². The van der Waals surface area contributed by atoms with E-state index in [0.717, 1.165) is 46.5 Å². The number of amides is 2. The molecule has 2 aromatic carbocycles. The van der Waals surface area contributed by atoms with Crippen molar-refractivity contribution < 1.29 is 9.59 Å². The van der Waals surface area contributed by atoms with E-state index in [2.05, 4.69) is 30.3 Å². The third-order valence-corrected chi connectivity index (χ3v) is 9.21. The Kier molecular flexibility index (Phi) is 7.00. The normalized spacial score (nSPS) is 19.0. The van der Waals surface area contributed by atoms with Crippen LogP contribution in [-0.2, 0) is 4.79 Å². The van der Waals surface area contributed by atoms with Gasteiger partial charge in [0.05, 0.1) is 12.1 Å². The van der Waals surface area contributed by atoms with Crippen molar-refractivity contribution in [2.75, 3.05) is 55.6 Å². The van der Waals surface area contributed by atoms with Gasteiger partial charge in [-0.25, -0.2) is 9.97 Å². The summed E-state index contributed by atoms with van der Waals surface area (Å²) in [5.74, 6) is 0.0736. The zero-order valence-electron chi connectivity index (χ0n) is 23.1. The summed E-state index contributed by atoms with van der Waals surface area (Å²) in [6.07, 6.45) is 2.47. The van der Waals surface area contributed by atoms with E-state index < -0.39 is 5.91 Å². The Morgan fingerprint density at radius 3 is 2.55 bits per heavy atom. The van der Waals surface area contributed by atoms with E-state index in [1.807, 2.05) is 59.5 Å². The van der Waals surface area contributed by atoms with Crippen LogP contribution in [0.1, 0.15) is 23.3 Å². The predicted octanol–water partition coefficient (Wildman–Crippen LogP) is 2.65. The molecular weight excluding hydrogens is 550 g/mol. The summed E-state index contributed by atoms with van der Waals surface area (Å²) >= 11 is 1.54. The number of carbonyl (C=O) groups excluding carboxylic acids is 2. The molecule has 3 saturated heterocycles. The van der Waals surface area contributed by atoms with E-state index in [0.29, 0.717) is 36.3 Å². The summed E-state index contributed by atoms with van der Waals surface area (Å²) in [4.78, 5) is 41.9. The van der Waals surface area contributed by atoms with Crippen molar-refractivity contribution in [3.8, 4) is 33.1 Å². The summed E-state index contributed by atoms with van der Waals surface area (Å²) in [5.41, 5.74) is 8.85. The second kappa shape index (κ2) is 11.1. The predicted molar refractivity (Wildman–Crippen MR) is 162 cm³/mol. The van der Waals surface area contributed by atoms with Gasteiger partial charge in [0.1, 0.15) is 16.5 Å². The van der Waals surface area contributed by atoms with E-state index >= 15 is 0 Å². The molecular formula is C30H31N9O2S. The molecule has 5 heterocycles. The maximum absolute atomic E-state index is 13.0. The van der Waals surface area contributed by atoms with E-state index in [4.69, 9.17) is 10.7 Å². The van der Waals surface area contributed by atoms with Gasteiger partial charge in [-0.05, 0) is 24.9 Å². The minimum absolute atomic E-state index is 0.0966. The lowest BCUT2D eigenvalue weighted by atomic mass is 9.97.